The van der Waals surface area contributed by atoms with Gasteiger partial charge >= 0.3 is 12.4 Å². The Morgan fingerprint density at radius 2 is 1.78 bits per heavy atom. The molecule has 0 radical (unpaired) electrons. The number of benzene rings is 2. The second-order valence-corrected chi connectivity index (χ2v) is 9.51. The standard InChI is InChI=1S/C26H26F4N4O3/c27-20-2-1-3-21(11-20)34-15-24(31-16-34)19-10-18(17-4-6-23(7-5-17)37-26(28,29)30)12-33(13-19)25(36)32-9-8-22(35)14-32/h1-7,11,15-16,18-19,22,35H,8-10,12-14H2. The Bertz CT molecular complexity index is 1250. The zero-order valence-electron chi connectivity index (χ0n) is 19.8. The first-order valence-electron chi connectivity index (χ1n) is 12.0. The van der Waals surface area contributed by atoms with Crippen LogP contribution in [-0.4, -0.2) is 69.1 Å². The lowest BCUT2D eigenvalue weighted by Gasteiger charge is -2.39. The van der Waals surface area contributed by atoms with E-state index in [0.717, 1.165) is 11.3 Å². The highest BCUT2D eigenvalue weighted by Crippen LogP contribution is 2.37. The van der Waals surface area contributed by atoms with Crippen LogP contribution in [0.5, 0.6) is 5.75 Å². The highest BCUT2D eigenvalue weighted by atomic mass is 19.4. The number of rotatable bonds is 4. The number of amides is 2. The van der Waals surface area contributed by atoms with Gasteiger partial charge in [-0.25, -0.2) is 14.2 Å². The summed E-state index contributed by atoms with van der Waals surface area (Å²) < 4.78 is 57.2. The van der Waals surface area contributed by atoms with Gasteiger partial charge in [0.15, 0.2) is 0 Å². The van der Waals surface area contributed by atoms with Gasteiger partial charge in [-0.2, -0.15) is 0 Å². The largest absolute Gasteiger partial charge is 0.573 e. The number of aliphatic hydroxyl groups excluding tert-OH is 1. The minimum atomic E-state index is -4.78. The number of likely N-dealkylation sites (tertiary alicyclic amines) is 2. The van der Waals surface area contributed by atoms with Crippen molar-refractivity contribution in [2.45, 2.75) is 37.1 Å². The summed E-state index contributed by atoms with van der Waals surface area (Å²) in [6.07, 6.45) is -0.785. The number of aliphatic hydroxyl groups is 1. The SMILES string of the molecule is O=C(N1CCC(O)C1)N1CC(c2ccc(OC(F)(F)F)cc2)CC(c2cn(-c3cccc(F)c3)cn2)C1. The van der Waals surface area contributed by atoms with Crippen LogP contribution in [0.25, 0.3) is 5.69 Å². The molecule has 2 saturated heterocycles. The third-order valence-electron chi connectivity index (χ3n) is 6.87. The molecule has 3 heterocycles. The predicted molar refractivity (Wildman–Crippen MR) is 126 cm³/mol. The molecule has 11 heteroatoms. The Hall–Kier alpha value is -3.60. The number of hydrogen-bond donors (Lipinski definition) is 1. The predicted octanol–water partition coefficient (Wildman–Crippen LogP) is 4.67. The first-order valence-corrected chi connectivity index (χ1v) is 12.0. The molecule has 2 aliphatic heterocycles. The number of carbonyl (C=O) groups excluding carboxylic acids is 1. The molecule has 0 saturated carbocycles. The van der Waals surface area contributed by atoms with E-state index in [1.54, 1.807) is 45.0 Å². The smallest absolute Gasteiger partial charge is 0.406 e. The monoisotopic (exact) mass is 518 g/mol. The number of β-amino-alcohol motifs (C(OH)–C–C–N with tert-alkyl or cyclic N) is 1. The van der Waals surface area contributed by atoms with E-state index in [9.17, 15) is 27.5 Å². The van der Waals surface area contributed by atoms with Crippen molar-refractivity contribution in [1.82, 2.24) is 19.4 Å². The molecule has 2 aliphatic rings. The Kier molecular flexibility index (Phi) is 6.80. The van der Waals surface area contributed by atoms with E-state index in [-0.39, 0.29) is 36.0 Å². The second-order valence-electron chi connectivity index (χ2n) is 9.51. The van der Waals surface area contributed by atoms with Gasteiger partial charge in [-0.15, -0.1) is 13.2 Å². The zero-order chi connectivity index (χ0) is 26.2. The molecule has 0 spiro atoms. The van der Waals surface area contributed by atoms with Crippen LogP contribution < -0.4 is 4.74 Å². The van der Waals surface area contributed by atoms with E-state index in [2.05, 4.69) is 9.72 Å². The Balaban J connectivity index is 1.40. The van der Waals surface area contributed by atoms with Crippen LogP contribution in [0.1, 0.15) is 35.9 Å². The highest BCUT2D eigenvalue weighted by molar-refractivity contribution is 5.75. The van der Waals surface area contributed by atoms with Gasteiger partial charge in [0.1, 0.15) is 11.6 Å². The van der Waals surface area contributed by atoms with Crippen LogP contribution in [0.15, 0.2) is 61.1 Å². The van der Waals surface area contributed by atoms with E-state index < -0.39 is 12.5 Å². The number of piperidine rings is 1. The summed E-state index contributed by atoms with van der Waals surface area (Å²) in [6, 6.07) is 11.7. The maximum Gasteiger partial charge on any atom is 0.573 e. The molecule has 1 N–H and O–H groups in total. The van der Waals surface area contributed by atoms with Gasteiger partial charge in [-0.1, -0.05) is 18.2 Å². The normalized spacial score (nSPS) is 22.4. The lowest BCUT2D eigenvalue weighted by atomic mass is 9.83. The third kappa shape index (κ3) is 5.87. The molecule has 3 unspecified atom stereocenters. The van der Waals surface area contributed by atoms with E-state index in [1.165, 1.54) is 24.3 Å². The Labute approximate surface area is 210 Å². The van der Waals surface area contributed by atoms with Gasteiger partial charge in [0.25, 0.3) is 0 Å². The molecular formula is C26H26F4N4O3. The fraction of sp³-hybridized carbons (Fsp3) is 0.385. The van der Waals surface area contributed by atoms with Crippen LogP contribution in [0.2, 0.25) is 0 Å². The molecule has 2 amide bonds. The average molecular weight is 519 g/mol. The number of hydrogen-bond acceptors (Lipinski definition) is 4. The van der Waals surface area contributed by atoms with Crippen LogP contribution >= 0.6 is 0 Å². The quantitative estimate of drug-likeness (QED) is 0.510. The van der Waals surface area contributed by atoms with Crippen molar-refractivity contribution in [3.05, 3.63) is 78.1 Å². The van der Waals surface area contributed by atoms with Crippen LogP contribution in [0.3, 0.4) is 0 Å². The summed E-state index contributed by atoms with van der Waals surface area (Å²) in [5, 5.41) is 9.90. The average Bonchev–Trinajstić information content (AvgIpc) is 3.52. The lowest BCUT2D eigenvalue weighted by molar-refractivity contribution is -0.274. The number of halogens is 4. The molecule has 2 fully saturated rings. The molecule has 3 atom stereocenters. The van der Waals surface area contributed by atoms with Crippen molar-refractivity contribution >= 4 is 6.03 Å². The molecular weight excluding hydrogens is 492 g/mol. The number of imidazole rings is 1. The van der Waals surface area contributed by atoms with Gasteiger partial charge in [0.05, 0.1) is 18.1 Å². The van der Waals surface area contributed by atoms with Crippen molar-refractivity contribution in [2.24, 2.45) is 0 Å². The first-order chi connectivity index (χ1) is 17.6. The number of ether oxygens (including phenoxy) is 1. The summed E-state index contributed by atoms with van der Waals surface area (Å²) >= 11 is 0. The molecule has 0 bridgehead atoms. The molecule has 3 aromatic rings. The van der Waals surface area contributed by atoms with Crippen LogP contribution in [-0.2, 0) is 0 Å². The van der Waals surface area contributed by atoms with E-state index in [0.29, 0.717) is 38.2 Å². The minimum absolute atomic E-state index is 0.156. The molecule has 1 aromatic heterocycles. The summed E-state index contributed by atoms with van der Waals surface area (Å²) in [5.74, 6) is -0.991. The molecule has 7 nitrogen and oxygen atoms in total. The van der Waals surface area contributed by atoms with E-state index >= 15 is 0 Å². The summed E-state index contributed by atoms with van der Waals surface area (Å²) in [6.45, 7) is 1.51. The van der Waals surface area contributed by atoms with Crippen molar-refractivity contribution in [1.29, 1.82) is 0 Å². The fourth-order valence-corrected chi connectivity index (χ4v) is 5.10. The van der Waals surface area contributed by atoms with Gasteiger partial charge in [0.2, 0.25) is 0 Å². The number of urea groups is 1. The van der Waals surface area contributed by atoms with E-state index in [1.807, 2.05) is 6.20 Å². The molecule has 2 aromatic carbocycles. The summed E-state index contributed by atoms with van der Waals surface area (Å²) in [5.41, 5.74) is 2.12. The van der Waals surface area contributed by atoms with Gasteiger partial charge in [-0.3, -0.25) is 0 Å². The van der Waals surface area contributed by atoms with Gasteiger partial charge in [-0.05, 0) is 48.7 Å². The second kappa shape index (κ2) is 10.0. The number of aromatic nitrogens is 2. The van der Waals surface area contributed by atoms with E-state index in [4.69, 9.17) is 0 Å². The molecule has 37 heavy (non-hydrogen) atoms. The topological polar surface area (TPSA) is 70.8 Å². The summed E-state index contributed by atoms with van der Waals surface area (Å²) in [7, 11) is 0. The maximum absolute atomic E-state index is 13.7. The fourth-order valence-electron chi connectivity index (χ4n) is 5.10. The lowest BCUT2D eigenvalue weighted by Crippen LogP contribution is -2.48. The van der Waals surface area contributed by atoms with Crippen molar-refractivity contribution in [2.75, 3.05) is 26.2 Å². The van der Waals surface area contributed by atoms with Crippen molar-refractivity contribution < 1.29 is 32.2 Å². The number of nitrogens with zero attached hydrogens (tertiary/aromatic N) is 4. The number of carbonyl (C=O) groups is 1. The van der Waals surface area contributed by atoms with Gasteiger partial charge < -0.3 is 24.2 Å². The Morgan fingerprint density at radius 3 is 2.46 bits per heavy atom. The molecule has 5 rings (SSSR count). The first kappa shape index (κ1) is 25.1. The van der Waals surface area contributed by atoms with Gasteiger partial charge in [0, 0.05) is 49.9 Å². The number of alkyl halides is 3. The maximum atomic E-state index is 13.7. The van der Waals surface area contributed by atoms with Crippen LogP contribution in [0, 0.1) is 5.82 Å². The minimum Gasteiger partial charge on any atom is -0.406 e. The zero-order valence-corrected chi connectivity index (χ0v) is 19.8. The van der Waals surface area contributed by atoms with Crippen LogP contribution in [0.4, 0.5) is 22.4 Å². The highest BCUT2D eigenvalue weighted by Gasteiger charge is 2.37. The third-order valence-corrected chi connectivity index (χ3v) is 6.87. The summed E-state index contributed by atoms with van der Waals surface area (Å²) in [4.78, 5) is 21.2. The molecule has 196 valence electrons. The molecule has 0 aliphatic carbocycles. The Morgan fingerprint density at radius 1 is 1.03 bits per heavy atom. The van der Waals surface area contributed by atoms with Crippen molar-refractivity contribution in [3.63, 3.8) is 0 Å². The van der Waals surface area contributed by atoms with Crippen molar-refractivity contribution in [3.8, 4) is 11.4 Å².